The molecule has 4 nitrogen and oxygen atoms in total. The van der Waals surface area contributed by atoms with E-state index in [9.17, 15) is 9.90 Å². The number of carboxylic acid groups (broad SMARTS) is 1. The molecule has 0 heterocycles. The number of halogens is 1. The lowest BCUT2D eigenvalue weighted by Gasteiger charge is -2.29. The molecule has 0 aliphatic rings. The normalized spacial score (nSPS) is 13.5. The molecule has 94 valence electrons. The molecule has 1 aromatic carbocycles. The van der Waals surface area contributed by atoms with Gasteiger partial charge in [-0.3, -0.25) is 0 Å². The molecule has 0 aliphatic carbocycles. The van der Waals surface area contributed by atoms with E-state index >= 15 is 0 Å². The molecule has 0 bridgehead atoms. The number of carbonyl (C=O) groups is 1. The summed E-state index contributed by atoms with van der Waals surface area (Å²) in [4.78, 5) is 10.9. The van der Waals surface area contributed by atoms with Gasteiger partial charge < -0.3 is 15.9 Å². The van der Waals surface area contributed by atoms with Gasteiger partial charge in [-0.1, -0.05) is 36.7 Å². The second-order valence-electron chi connectivity index (χ2n) is 5.01. The van der Waals surface area contributed by atoms with Crippen LogP contribution in [0.15, 0.2) is 16.6 Å². The van der Waals surface area contributed by atoms with Crippen molar-refractivity contribution >= 4 is 21.9 Å². The third-order valence-electron chi connectivity index (χ3n) is 2.64. The maximum Gasteiger partial charge on any atom is 0.339 e. The van der Waals surface area contributed by atoms with E-state index in [1.54, 1.807) is 6.07 Å². The fourth-order valence-electron chi connectivity index (χ4n) is 1.48. The average molecular weight is 302 g/mol. The zero-order valence-electron chi connectivity index (χ0n) is 9.99. The Balaban J connectivity index is 3.42. The van der Waals surface area contributed by atoms with Gasteiger partial charge in [0.05, 0.1) is 0 Å². The van der Waals surface area contributed by atoms with E-state index in [1.807, 2.05) is 20.8 Å². The lowest BCUT2D eigenvalue weighted by Crippen LogP contribution is -2.27. The molecular formula is C12H16BrNO3. The predicted molar refractivity (Wildman–Crippen MR) is 69.1 cm³/mol. The van der Waals surface area contributed by atoms with Crippen LogP contribution in [0.1, 0.15) is 42.7 Å². The summed E-state index contributed by atoms with van der Waals surface area (Å²) in [6.45, 7) is 5.78. The maximum atomic E-state index is 10.9. The highest BCUT2D eigenvalue weighted by Crippen LogP contribution is 2.40. The lowest BCUT2D eigenvalue weighted by atomic mass is 9.82. The van der Waals surface area contributed by atoms with Crippen molar-refractivity contribution in [2.24, 2.45) is 11.1 Å². The van der Waals surface area contributed by atoms with Crippen molar-refractivity contribution in [1.29, 1.82) is 0 Å². The van der Waals surface area contributed by atoms with Crippen LogP contribution in [0.2, 0.25) is 0 Å². The number of aromatic hydroxyl groups is 1. The van der Waals surface area contributed by atoms with Crippen LogP contribution >= 0.6 is 15.9 Å². The summed E-state index contributed by atoms with van der Waals surface area (Å²) < 4.78 is 0.613. The first kappa shape index (κ1) is 14.0. The van der Waals surface area contributed by atoms with Crippen molar-refractivity contribution in [1.82, 2.24) is 0 Å². The molecule has 17 heavy (non-hydrogen) atoms. The Morgan fingerprint density at radius 3 is 2.35 bits per heavy atom. The number of phenols is 1. The molecule has 1 atom stereocenters. The summed E-state index contributed by atoms with van der Waals surface area (Å²) >= 11 is 3.29. The summed E-state index contributed by atoms with van der Waals surface area (Å²) in [6.07, 6.45) is 0. The van der Waals surface area contributed by atoms with Crippen LogP contribution in [-0.2, 0) is 0 Å². The Morgan fingerprint density at radius 2 is 1.94 bits per heavy atom. The van der Waals surface area contributed by atoms with E-state index in [0.717, 1.165) is 0 Å². The van der Waals surface area contributed by atoms with Gasteiger partial charge in [0.2, 0.25) is 0 Å². The summed E-state index contributed by atoms with van der Waals surface area (Å²) in [6, 6.07) is 2.47. The highest BCUT2D eigenvalue weighted by molar-refractivity contribution is 9.10. The molecule has 1 aromatic rings. The molecule has 0 radical (unpaired) electrons. The van der Waals surface area contributed by atoms with E-state index in [0.29, 0.717) is 10.0 Å². The van der Waals surface area contributed by atoms with Gasteiger partial charge in [0, 0.05) is 16.1 Å². The van der Waals surface area contributed by atoms with Gasteiger partial charge in [-0.25, -0.2) is 4.79 Å². The zero-order chi connectivity index (χ0) is 13.4. The van der Waals surface area contributed by atoms with Crippen molar-refractivity contribution in [3.8, 4) is 5.75 Å². The second kappa shape index (κ2) is 4.66. The largest absolute Gasteiger partial charge is 0.507 e. The van der Waals surface area contributed by atoms with Gasteiger partial charge in [0.1, 0.15) is 11.3 Å². The Kier molecular flexibility index (Phi) is 3.84. The van der Waals surface area contributed by atoms with Crippen molar-refractivity contribution in [2.75, 3.05) is 0 Å². The van der Waals surface area contributed by atoms with E-state index in [1.165, 1.54) is 6.07 Å². The van der Waals surface area contributed by atoms with Crippen molar-refractivity contribution in [2.45, 2.75) is 26.8 Å². The molecule has 0 aliphatic heterocycles. The van der Waals surface area contributed by atoms with Crippen LogP contribution in [-0.4, -0.2) is 16.2 Å². The molecule has 0 saturated heterocycles. The molecule has 0 fully saturated rings. The zero-order valence-corrected chi connectivity index (χ0v) is 11.6. The van der Waals surface area contributed by atoms with Gasteiger partial charge in [-0.2, -0.15) is 0 Å². The molecule has 0 saturated carbocycles. The standard InChI is InChI=1S/C12H16BrNO3/c1-12(2,3)10(14)8-7(13)5-4-6(9(8)15)11(16)17/h4-5,10,15H,14H2,1-3H3,(H,16,17)/t10-/m1/s1. The Morgan fingerprint density at radius 1 is 1.41 bits per heavy atom. The van der Waals surface area contributed by atoms with Gasteiger partial charge in [-0.05, 0) is 17.5 Å². The number of hydrogen-bond donors (Lipinski definition) is 3. The van der Waals surface area contributed by atoms with E-state index < -0.39 is 12.0 Å². The summed E-state index contributed by atoms with van der Waals surface area (Å²) in [5, 5.41) is 18.9. The van der Waals surface area contributed by atoms with Crippen molar-refractivity contribution in [3.63, 3.8) is 0 Å². The van der Waals surface area contributed by atoms with Crippen LogP contribution in [0.4, 0.5) is 0 Å². The molecule has 0 amide bonds. The third-order valence-corrected chi connectivity index (χ3v) is 3.33. The maximum absolute atomic E-state index is 10.9. The summed E-state index contributed by atoms with van der Waals surface area (Å²) in [5.74, 6) is -1.44. The quantitative estimate of drug-likeness (QED) is 0.784. The van der Waals surface area contributed by atoms with Crippen molar-refractivity contribution < 1.29 is 15.0 Å². The molecule has 5 heteroatoms. The fourth-order valence-corrected chi connectivity index (χ4v) is 2.05. The minimum atomic E-state index is -1.17. The van der Waals surface area contributed by atoms with E-state index in [2.05, 4.69) is 15.9 Å². The Bertz CT molecular complexity index is 452. The molecule has 0 aromatic heterocycles. The van der Waals surface area contributed by atoms with Crippen molar-refractivity contribution in [3.05, 3.63) is 27.7 Å². The predicted octanol–water partition coefficient (Wildman–Crippen LogP) is 2.90. The first-order valence-electron chi connectivity index (χ1n) is 5.16. The first-order chi connectivity index (χ1) is 7.66. The molecule has 4 N–H and O–H groups in total. The first-order valence-corrected chi connectivity index (χ1v) is 5.95. The smallest absolute Gasteiger partial charge is 0.339 e. The minimum Gasteiger partial charge on any atom is -0.507 e. The van der Waals surface area contributed by atoms with Crippen LogP contribution in [0.3, 0.4) is 0 Å². The summed E-state index contributed by atoms with van der Waals surface area (Å²) in [7, 11) is 0. The molecular weight excluding hydrogens is 286 g/mol. The molecule has 0 unspecified atom stereocenters. The van der Waals surface area contributed by atoms with Crippen LogP contribution in [0.25, 0.3) is 0 Å². The number of aromatic carboxylic acids is 1. The van der Waals surface area contributed by atoms with Gasteiger partial charge in [-0.15, -0.1) is 0 Å². The minimum absolute atomic E-state index is 0.136. The van der Waals surface area contributed by atoms with Crippen LogP contribution < -0.4 is 5.73 Å². The summed E-state index contributed by atoms with van der Waals surface area (Å²) in [5.41, 5.74) is 6.07. The van der Waals surface area contributed by atoms with Gasteiger partial charge in [0.25, 0.3) is 0 Å². The molecule has 1 rings (SSSR count). The number of carboxylic acids is 1. The van der Waals surface area contributed by atoms with Crippen LogP contribution in [0, 0.1) is 5.41 Å². The van der Waals surface area contributed by atoms with Gasteiger partial charge >= 0.3 is 5.97 Å². The third kappa shape index (κ3) is 2.79. The number of hydrogen-bond acceptors (Lipinski definition) is 3. The highest BCUT2D eigenvalue weighted by Gasteiger charge is 2.28. The topological polar surface area (TPSA) is 83.6 Å². The van der Waals surface area contributed by atoms with Gasteiger partial charge in [0.15, 0.2) is 0 Å². The Hall–Kier alpha value is -1.07. The SMILES string of the molecule is CC(C)(C)[C@H](N)c1c(Br)ccc(C(=O)O)c1O. The lowest BCUT2D eigenvalue weighted by molar-refractivity contribution is 0.0693. The second-order valence-corrected chi connectivity index (χ2v) is 5.86. The average Bonchev–Trinajstić information content (AvgIpc) is 2.15. The Labute approximate surface area is 109 Å². The van der Waals surface area contributed by atoms with E-state index in [-0.39, 0.29) is 16.7 Å². The monoisotopic (exact) mass is 301 g/mol. The fraction of sp³-hybridized carbons (Fsp3) is 0.417. The number of nitrogens with two attached hydrogens (primary N) is 1. The molecule has 0 spiro atoms. The van der Waals surface area contributed by atoms with E-state index in [4.69, 9.17) is 10.8 Å². The number of rotatable bonds is 2. The highest BCUT2D eigenvalue weighted by atomic mass is 79.9. The number of benzene rings is 1. The van der Waals surface area contributed by atoms with Crippen LogP contribution in [0.5, 0.6) is 5.75 Å².